The van der Waals surface area contributed by atoms with Crippen LogP contribution < -0.4 is 14.8 Å². The molecule has 1 amide bonds. The molecule has 2 aromatic rings. The van der Waals surface area contributed by atoms with Crippen LogP contribution in [0.2, 0.25) is 0 Å². The van der Waals surface area contributed by atoms with Gasteiger partial charge in [-0.25, -0.2) is 4.79 Å². The highest BCUT2D eigenvalue weighted by Crippen LogP contribution is 2.30. The number of carbonyl (C=O) groups excluding carboxylic acids is 2. The number of ether oxygens (including phenoxy) is 3. The van der Waals surface area contributed by atoms with Crippen molar-refractivity contribution in [2.24, 2.45) is 0 Å². The molecule has 1 N–H and O–H groups in total. The van der Waals surface area contributed by atoms with Crippen LogP contribution in [0.15, 0.2) is 36.4 Å². The molecule has 27 heavy (non-hydrogen) atoms. The summed E-state index contributed by atoms with van der Waals surface area (Å²) in [4.78, 5) is 24.3. The number of rotatable bonds is 5. The Kier molecular flexibility index (Phi) is 5.64. The fourth-order valence-corrected chi connectivity index (χ4v) is 3.15. The molecule has 0 spiro atoms. The lowest BCUT2D eigenvalue weighted by Gasteiger charge is -2.26. The Bertz CT molecular complexity index is 838. The lowest BCUT2D eigenvalue weighted by Crippen LogP contribution is -2.42. The predicted octanol–water partition coefficient (Wildman–Crippen LogP) is 2.72. The van der Waals surface area contributed by atoms with Crippen LogP contribution in [-0.4, -0.2) is 37.7 Å². The largest absolute Gasteiger partial charge is 0.486 e. The third kappa shape index (κ3) is 4.58. The van der Waals surface area contributed by atoms with Crippen LogP contribution in [0.3, 0.4) is 0 Å². The Morgan fingerprint density at radius 1 is 1.11 bits per heavy atom. The van der Waals surface area contributed by atoms with Gasteiger partial charge in [-0.2, -0.15) is 0 Å². The van der Waals surface area contributed by atoms with Crippen molar-refractivity contribution < 1.29 is 23.8 Å². The average Bonchev–Trinajstić information content (AvgIpc) is 2.63. The first-order valence-electron chi connectivity index (χ1n) is 8.84. The highest BCUT2D eigenvalue weighted by molar-refractivity contribution is 5.94. The zero-order chi connectivity index (χ0) is 19.4. The molecule has 3 rings (SSSR count). The standard InChI is InChI=1S/C21H23NO5/c1-13-8-14(2)20(15(3)9-13)21(24)26-12-19(23)22-10-16-11-25-17-6-4-5-7-18(17)27-16/h4-9,16H,10-12H2,1-3H3,(H,22,23)/t16-/m0/s1. The van der Waals surface area contributed by atoms with E-state index in [1.54, 1.807) is 0 Å². The molecule has 1 aliphatic heterocycles. The van der Waals surface area contributed by atoms with Gasteiger partial charge in [0.25, 0.3) is 5.91 Å². The second-order valence-corrected chi connectivity index (χ2v) is 6.65. The molecular weight excluding hydrogens is 346 g/mol. The van der Waals surface area contributed by atoms with E-state index in [1.807, 2.05) is 57.2 Å². The third-order valence-electron chi connectivity index (χ3n) is 4.31. The number of amides is 1. The van der Waals surface area contributed by atoms with Crippen molar-refractivity contribution in [3.8, 4) is 11.5 Å². The van der Waals surface area contributed by atoms with Gasteiger partial charge in [-0.1, -0.05) is 29.8 Å². The van der Waals surface area contributed by atoms with Crippen molar-refractivity contribution in [1.29, 1.82) is 0 Å². The van der Waals surface area contributed by atoms with Crippen molar-refractivity contribution in [2.45, 2.75) is 26.9 Å². The first kappa shape index (κ1) is 18.8. The maximum absolute atomic E-state index is 12.3. The molecule has 0 saturated heterocycles. The quantitative estimate of drug-likeness (QED) is 0.821. The molecule has 0 aliphatic carbocycles. The van der Waals surface area contributed by atoms with Crippen LogP contribution in [0, 0.1) is 20.8 Å². The van der Waals surface area contributed by atoms with Crippen molar-refractivity contribution in [3.05, 3.63) is 58.7 Å². The first-order chi connectivity index (χ1) is 12.9. The second kappa shape index (κ2) is 8.12. The minimum atomic E-state index is -0.494. The minimum absolute atomic E-state index is 0.271. The van der Waals surface area contributed by atoms with Crippen molar-refractivity contribution >= 4 is 11.9 Å². The van der Waals surface area contributed by atoms with Gasteiger partial charge in [-0.05, 0) is 44.0 Å². The van der Waals surface area contributed by atoms with Crippen molar-refractivity contribution in [2.75, 3.05) is 19.8 Å². The molecule has 1 atom stereocenters. The minimum Gasteiger partial charge on any atom is -0.486 e. The van der Waals surface area contributed by atoms with Crippen LogP contribution >= 0.6 is 0 Å². The fraction of sp³-hybridized carbons (Fsp3) is 0.333. The maximum Gasteiger partial charge on any atom is 0.339 e. The molecule has 142 valence electrons. The van der Waals surface area contributed by atoms with E-state index in [4.69, 9.17) is 14.2 Å². The molecule has 0 radical (unpaired) electrons. The molecule has 0 fully saturated rings. The monoisotopic (exact) mass is 369 g/mol. The number of para-hydroxylation sites is 2. The van der Waals surface area contributed by atoms with Gasteiger partial charge >= 0.3 is 5.97 Å². The zero-order valence-electron chi connectivity index (χ0n) is 15.7. The Hall–Kier alpha value is -3.02. The van der Waals surface area contributed by atoms with Crippen LogP contribution in [0.5, 0.6) is 11.5 Å². The summed E-state index contributed by atoms with van der Waals surface area (Å²) < 4.78 is 16.5. The molecule has 6 nitrogen and oxygen atoms in total. The van der Waals surface area contributed by atoms with E-state index >= 15 is 0 Å². The number of hydrogen-bond donors (Lipinski definition) is 1. The van der Waals surface area contributed by atoms with Gasteiger partial charge in [0, 0.05) is 0 Å². The van der Waals surface area contributed by atoms with Gasteiger partial charge in [0.1, 0.15) is 12.7 Å². The van der Waals surface area contributed by atoms with Gasteiger partial charge in [0.2, 0.25) is 0 Å². The van der Waals surface area contributed by atoms with E-state index < -0.39 is 5.97 Å². The summed E-state index contributed by atoms with van der Waals surface area (Å²) in [6.07, 6.45) is -0.291. The van der Waals surface area contributed by atoms with Gasteiger partial charge < -0.3 is 19.5 Å². The van der Waals surface area contributed by atoms with Gasteiger partial charge in [0.05, 0.1) is 12.1 Å². The second-order valence-electron chi connectivity index (χ2n) is 6.65. The normalized spacial score (nSPS) is 15.1. The molecule has 6 heteroatoms. The SMILES string of the molecule is Cc1cc(C)c(C(=O)OCC(=O)NC[C@H]2COc3ccccc3O2)c(C)c1. The van der Waals surface area contributed by atoms with E-state index in [0.717, 1.165) is 16.7 Å². The van der Waals surface area contributed by atoms with E-state index in [0.29, 0.717) is 23.7 Å². The first-order valence-corrected chi connectivity index (χ1v) is 8.84. The van der Waals surface area contributed by atoms with Crippen LogP contribution in [-0.2, 0) is 9.53 Å². The topological polar surface area (TPSA) is 73.9 Å². The van der Waals surface area contributed by atoms with E-state index in [9.17, 15) is 9.59 Å². The van der Waals surface area contributed by atoms with Gasteiger partial charge in [-0.15, -0.1) is 0 Å². The number of esters is 1. The number of nitrogens with one attached hydrogen (secondary N) is 1. The molecule has 0 saturated carbocycles. The molecular formula is C21H23NO5. The third-order valence-corrected chi connectivity index (χ3v) is 4.31. The molecule has 0 bridgehead atoms. The molecule has 1 heterocycles. The highest BCUT2D eigenvalue weighted by atomic mass is 16.6. The Morgan fingerprint density at radius 2 is 1.78 bits per heavy atom. The Balaban J connectivity index is 1.47. The van der Waals surface area contributed by atoms with E-state index in [2.05, 4.69) is 5.32 Å². The van der Waals surface area contributed by atoms with Crippen LogP contribution in [0.4, 0.5) is 0 Å². The Labute approximate surface area is 158 Å². The average molecular weight is 369 g/mol. The summed E-state index contributed by atoms with van der Waals surface area (Å²) in [5.41, 5.74) is 3.26. The number of hydrogen-bond acceptors (Lipinski definition) is 5. The van der Waals surface area contributed by atoms with Gasteiger partial charge in [0.15, 0.2) is 18.1 Å². The van der Waals surface area contributed by atoms with Crippen molar-refractivity contribution in [3.63, 3.8) is 0 Å². The molecule has 0 unspecified atom stereocenters. The number of carbonyl (C=O) groups is 2. The summed E-state index contributed by atoms with van der Waals surface area (Å²) >= 11 is 0. The molecule has 1 aliphatic rings. The van der Waals surface area contributed by atoms with Crippen LogP contribution in [0.1, 0.15) is 27.0 Å². The van der Waals surface area contributed by atoms with Crippen LogP contribution in [0.25, 0.3) is 0 Å². The number of fused-ring (bicyclic) bond motifs is 1. The number of aryl methyl sites for hydroxylation is 3. The van der Waals surface area contributed by atoms with E-state index in [1.165, 1.54) is 0 Å². The summed E-state index contributed by atoms with van der Waals surface area (Å²) in [5.74, 6) is 0.470. The smallest absolute Gasteiger partial charge is 0.339 e. The Morgan fingerprint density at radius 3 is 2.48 bits per heavy atom. The lowest BCUT2D eigenvalue weighted by atomic mass is 10.00. The molecule has 0 aromatic heterocycles. The fourth-order valence-electron chi connectivity index (χ4n) is 3.15. The van der Waals surface area contributed by atoms with E-state index in [-0.39, 0.29) is 25.2 Å². The maximum atomic E-state index is 12.3. The predicted molar refractivity (Wildman–Crippen MR) is 100 cm³/mol. The molecule has 2 aromatic carbocycles. The summed E-state index contributed by atoms with van der Waals surface area (Å²) in [6.45, 7) is 5.96. The zero-order valence-corrected chi connectivity index (χ0v) is 15.7. The number of benzene rings is 2. The highest BCUT2D eigenvalue weighted by Gasteiger charge is 2.21. The summed E-state index contributed by atoms with van der Waals surface area (Å²) in [6, 6.07) is 11.2. The van der Waals surface area contributed by atoms with Crippen molar-refractivity contribution in [1.82, 2.24) is 5.32 Å². The summed E-state index contributed by atoms with van der Waals surface area (Å²) in [5, 5.41) is 2.71. The van der Waals surface area contributed by atoms with Gasteiger partial charge in [-0.3, -0.25) is 4.79 Å². The summed E-state index contributed by atoms with van der Waals surface area (Å²) in [7, 11) is 0. The lowest BCUT2D eigenvalue weighted by molar-refractivity contribution is -0.124.